The highest BCUT2D eigenvalue weighted by atomic mass is 32.1. The number of amides is 2. The monoisotopic (exact) mass is 429 g/mol. The van der Waals surface area contributed by atoms with Crippen LogP contribution in [0, 0.1) is 0 Å². The van der Waals surface area contributed by atoms with E-state index in [0.29, 0.717) is 27.1 Å². The minimum atomic E-state index is -0.335. The molecule has 2 amide bonds. The van der Waals surface area contributed by atoms with Crippen molar-refractivity contribution in [2.24, 2.45) is 0 Å². The lowest BCUT2D eigenvalue weighted by Crippen LogP contribution is -2.20. The highest BCUT2D eigenvalue weighted by molar-refractivity contribution is 7.20. The zero-order valence-electron chi connectivity index (χ0n) is 16.4. The van der Waals surface area contributed by atoms with Crippen LogP contribution in [-0.4, -0.2) is 23.4 Å². The van der Waals surface area contributed by atoms with Gasteiger partial charge in [0.05, 0.1) is 0 Å². The van der Waals surface area contributed by atoms with Gasteiger partial charge < -0.3 is 10.1 Å². The van der Waals surface area contributed by atoms with Gasteiger partial charge in [0, 0.05) is 11.1 Å². The second-order valence-corrected chi connectivity index (χ2v) is 7.53. The number of carbonyl (C=O) groups is 2. The molecule has 6 nitrogen and oxygen atoms in total. The van der Waals surface area contributed by atoms with Crippen LogP contribution in [0.3, 0.4) is 0 Å². The van der Waals surface area contributed by atoms with Crippen molar-refractivity contribution in [3.63, 3.8) is 0 Å². The van der Waals surface area contributed by atoms with Crippen molar-refractivity contribution in [3.8, 4) is 17.0 Å². The lowest BCUT2D eigenvalue weighted by Gasteiger charge is -2.05. The van der Waals surface area contributed by atoms with Crippen LogP contribution in [0.25, 0.3) is 11.3 Å². The lowest BCUT2D eigenvalue weighted by atomic mass is 10.1. The van der Waals surface area contributed by atoms with E-state index in [0.717, 1.165) is 5.56 Å². The quantitative estimate of drug-likeness (QED) is 0.429. The van der Waals surface area contributed by atoms with Gasteiger partial charge in [-0.3, -0.25) is 14.9 Å². The summed E-state index contributed by atoms with van der Waals surface area (Å²) in [6.45, 7) is -0.143. The number of ether oxygens (including phenoxy) is 1. The molecular formula is C24H19N3O3S. The fourth-order valence-electron chi connectivity index (χ4n) is 2.84. The van der Waals surface area contributed by atoms with Crippen molar-refractivity contribution in [2.75, 3.05) is 17.2 Å². The van der Waals surface area contributed by atoms with Gasteiger partial charge in [-0.15, -0.1) is 0 Å². The Balaban J connectivity index is 1.52. The molecule has 0 spiro atoms. The summed E-state index contributed by atoms with van der Waals surface area (Å²) in [6, 6.07) is 27.5. The first-order chi connectivity index (χ1) is 15.2. The zero-order chi connectivity index (χ0) is 21.5. The van der Waals surface area contributed by atoms with Gasteiger partial charge in [0.25, 0.3) is 11.8 Å². The molecule has 1 heterocycles. The molecule has 0 fully saturated rings. The predicted molar refractivity (Wildman–Crippen MR) is 123 cm³/mol. The number of aromatic nitrogens is 1. The van der Waals surface area contributed by atoms with E-state index in [4.69, 9.17) is 4.74 Å². The Morgan fingerprint density at radius 1 is 0.806 bits per heavy atom. The summed E-state index contributed by atoms with van der Waals surface area (Å²) in [4.78, 5) is 29.5. The van der Waals surface area contributed by atoms with Crippen LogP contribution in [0.2, 0.25) is 0 Å². The first-order valence-electron chi connectivity index (χ1n) is 9.59. The van der Waals surface area contributed by atoms with Gasteiger partial charge in [0.1, 0.15) is 16.4 Å². The maximum atomic E-state index is 12.6. The number of nitrogens with one attached hydrogen (secondary N) is 2. The number of benzene rings is 3. The van der Waals surface area contributed by atoms with Gasteiger partial charge in [-0.25, -0.2) is 4.98 Å². The summed E-state index contributed by atoms with van der Waals surface area (Å²) in [5, 5.41) is 6.59. The third kappa shape index (κ3) is 5.34. The number of hydrogen-bond donors (Lipinski definition) is 2. The number of rotatable bonds is 7. The van der Waals surface area contributed by atoms with E-state index in [1.54, 1.807) is 36.4 Å². The SMILES string of the molecule is O=C(COc1ccccc1)Nc1nc(-c2ccccc2)c(NC(=O)c2ccccc2)s1. The molecule has 0 saturated heterocycles. The minimum absolute atomic E-state index is 0.143. The maximum absolute atomic E-state index is 12.6. The molecule has 31 heavy (non-hydrogen) atoms. The summed E-state index contributed by atoms with van der Waals surface area (Å²) in [5.74, 6) is 0.0300. The minimum Gasteiger partial charge on any atom is -0.484 e. The molecule has 1 aromatic heterocycles. The van der Waals surface area contributed by atoms with Crippen molar-refractivity contribution in [1.82, 2.24) is 4.98 Å². The first-order valence-corrected chi connectivity index (χ1v) is 10.4. The summed E-state index contributed by atoms with van der Waals surface area (Å²) in [5.41, 5.74) is 1.97. The smallest absolute Gasteiger partial charge is 0.264 e. The van der Waals surface area contributed by atoms with E-state index in [9.17, 15) is 9.59 Å². The van der Waals surface area contributed by atoms with Gasteiger partial charge in [-0.05, 0) is 24.3 Å². The number of hydrogen-bond acceptors (Lipinski definition) is 5. The predicted octanol–water partition coefficient (Wildman–Crippen LogP) is 5.08. The van der Waals surface area contributed by atoms with Gasteiger partial charge in [0.2, 0.25) is 0 Å². The van der Waals surface area contributed by atoms with Crippen molar-refractivity contribution < 1.29 is 14.3 Å². The molecule has 0 saturated carbocycles. The Morgan fingerprint density at radius 2 is 1.42 bits per heavy atom. The number of carbonyl (C=O) groups excluding carboxylic acids is 2. The topological polar surface area (TPSA) is 80.3 Å². The standard InChI is InChI=1S/C24H19N3O3S/c28-20(16-30-19-14-8-3-9-15-19)25-24-26-21(17-10-4-1-5-11-17)23(31-24)27-22(29)18-12-6-2-7-13-18/h1-15H,16H2,(H,27,29)(H,25,26,28). The van der Waals surface area contributed by atoms with E-state index in [-0.39, 0.29) is 18.4 Å². The second-order valence-electron chi connectivity index (χ2n) is 6.53. The van der Waals surface area contributed by atoms with Crippen molar-refractivity contribution >= 4 is 33.3 Å². The van der Waals surface area contributed by atoms with Gasteiger partial charge >= 0.3 is 0 Å². The highest BCUT2D eigenvalue weighted by Crippen LogP contribution is 2.36. The van der Waals surface area contributed by atoms with Crippen LogP contribution >= 0.6 is 11.3 Å². The fourth-order valence-corrected chi connectivity index (χ4v) is 3.73. The molecule has 0 atom stereocenters. The highest BCUT2D eigenvalue weighted by Gasteiger charge is 2.18. The van der Waals surface area contributed by atoms with Crippen molar-refractivity contribution in [3.05, 3.63) is 96.6 Å². The molecule has 0 aliphatic carbocycles. The van der Waals surface area contributed by atoms with Crippen molar-refractivity contribution in [2.45, 2.75) is 0 Å². The second kappa shape index (κ2) is 9.69. The molecule has 0 aliphatic heterocycles. The summed E-state index contributed by atoms with van der Waals surface area (Å²) >= 11 is 1.20. The summed E-state index contributed by atoms with van der Waals surface area (Å²) in [6.07, 6.45) is 0. The zero-order valence-corrected chi connectivity index (χ0v) is 17.3. The lowest BCUT2D eigenvalue weighted by molar-refractivity contribution is -0.118. The number of nitrogens with zero attached hydrogens (tertiary/aromatic N) is 1. The van der Waals surface area contributed by atoms with Crippen LogP contribution in [0.5, 0.6) is 5.75 Å². The van der Waals surface area contributed by atoms with Crippen LogP contribution in [0.1, 0.15) is 10.4 Å². The molecular weight excluding hydrogens is 410 g/mol. The third-order valence-electron chi connectivity index (χ3n) is 4.30. The number of para-hydroxylation sites is 1. The van der Waals surface area contributed by atoms with Gasteiger partial charge in [0.15, 0.2) is 11.7 Å². The fraction of sp³-hybridized carbons (Fsp3) is 0.0417. The largest absolute Gasteiger partial charge is 0.484 e. The molecule has 154 valence electrons. The Bertz CT molecular complexity index is 1160. The van der Waals surface area contributed by atoms with Crippen LogP contribution in [0.4, 0.5) is 10.1 Å². The average Bonchev–Trinajstić information content (AvgIpc) is 3.21. The molecule has 7 heteroatoms. The molecule has 0 unspecified atom stereocenters. The van der Waals surface area contributed by atoms with E-state index in [1.807, 2.05) is 54.6 Å². The molecule has 3 aromatic carbocycles. The van der Waals surface area contributed by atoms with E-state index in [1.165, 1.54) is 11.3 Å². The average molecular weight is 430 g/mol. The normalized spacial score (nSPS) is 10.3. The van der Waals surface area contributed by atoms with E-state index in [2.05, 4.69) is 15.6 Å². The number of thiazole rings is 1. The number of anilines is 2. The maximum Gasteiger partial charge on any atom is 0.264 e. The molecule has 2 N–H and O–H groups in total. The Morgan fingerprint density at radius 3 is 2.10 bits per heavy atom. The summed E-state index contributed by atoms with van der Waals surface area (Å²) in [7, 11) is 0. The van der Waals surface area contributed by atoms with E-state index >= 15 is 0 Å². The van der Waals surface area contributed by atoms with Crippen LogP contribution < -0.4 is 15.4 Å². The van der Waals surface area contributed by atoms with Gasteiger partial charge in [-0.2, -0.15) is 0 Å². The Labute approximate surface area is 183 Å². The first kappa shape index (κ1) is 20.3. The summed E-state index contributed by atoms with van der Waals surface area (Å²) < 4.78 is 5.48. The van der Waals surface area contributed by atoms with Crippen molar-refractivity contribution in [1.29, 1.82) is 0 Å². The molecule has 0 radical (unpaired) electrons. The molecule has 4 rings (SSSR count). The third-order valence-corrected chi connectivity index (χ3v) is 5.18. The van der Waals surface area contributed by atoms with E-state index < -0.39 is 0 Å². The Hall–Kier alpha value is -3.97. The van der Waals surface area contributed by atoms with Gasteiger partial charge in [-0.1, -0.05) is 78.1 Å². The Kier molecular flexibility index (Phi) is 6.35. The van der Waals surface area contributed by atoms with Crippen LogP contribution in [-0.2, 0) is 4.79 Å². The molecule has 4 aromatic rings. The van der Waals surface area contributed by atoms with Crippen LogP contribution in [0.15, 0.2) is 91.0 Å². The molecule has 0 bridgehead atoms. The molecule has 0 aliphatic rings.